The van der Waals surface area contributed by atoms with Gasteiger partial charge in [-0.1, -0.05) is 54.6 Å². The van der Waals surface area contributed by atoms with E-state index >= 15 is 0 Å². The fraction of sp³-hybridized carbons (Fsp3) is 0.133. The van der Waals surface area contributed by atoms with Gasteiger partial charge in [0.05, 0.1) is 16.1 Å². The summed E-state index contributed by atoms with van der Waals surface area (Å²) in [6.07, 6.45) is 0. The summed E-state index contributed by atoms with van der Waals surface area (Å²) in [5.74, 6) is -0.870. The number of sulfonamides is 1. The van der Waals surface area contributed by atoms with Gasteiger partial charge in [-0.15, -0.1) is 0 Å². The second-order valence-corrected chi connectivity index (χ2v) is 10.7. The van der Waals surface area contributed by atoms with Crippen molar-refractivity contribution in [2.24, 2.45) is 0 Å². The van der Waals surface area contributed by atoms with Crippen LogP contribution in [-0.4, -0.2) is 20.2 Å². The van der Waals surface area contributed by atoms with Crippen molar-refractivity contribution in [3.8, 4) is 0 Å². The molecule has 0 saturated heterocycles. The molecule has 0 radical (unpaired) electrons. The van der Waals surface area contributed by atoms with Crippen LogP contribution in [-0.2, 0) is 16.6 Å². The third-order valence-corrected chi connectivity index (χ3v) is 7.74. The molecule has 2 amide bonds. The topological polar surface area (TPSA) is 104 Å². The quantitative estimate of drug-likeness (QED) is 0.278. The van der Waals surface area contributed by atoms with Gasteiger partial charge in [-0.3, -0.25) is 14.3 Å². The van der Waals surface area contributed by atoms with Gasteiger partial charge in [0.2, 0.25) is 0 Å². The van der Waals surface area contributed by atoms with Crippen LogP contribution in [0, 0.1) is 20.8 Å². The Kier molecular flexibility index (Phi) is 7.93. The molecule has 38 heavy (non-hydrogen) atoms. The van der Waals surface area contributed by atoms with Crippen molar-refractivity contribution in [2.75, 3.05) is 10.0 Å². The third kappa shape index (κ3) is 6.27. The largest absolute Gasteiger partial charge is 0.348 e. The van der Waals surface area contributed by atoms with Crippen LogP contribution >= 0.6 is 0 Å². The Morgan fingerprint density at radius 1 is 0.711 bits per heavy atom. The summed E-state index contributed by atoms with van der Waals surface area (Å²) >= 11 is 0. The summed E-state index contributed by atoms with van der Waals surface area (Å²) in [6, 6.07) is 26.0. The van der Waals surface area contributed by atoms with Crippen LogP contribution < -0.4 is 15.4 Å². The van der Waals surface area contributed by atoms with Crippen LogP contribution in [0.4, 0.5) is 11.4 Å². The molecule has 0 fully saturated rings. The van der Waals surface area contributed by atoms with E-state index in [1.165, 1.54) is 6.07 Å². The number of hydrogen-bond acceptors (Lipinski definition) is 4. The Labute approximate surface area is 223 Å². The predicted octanol–water partition coefficient (Wildman–Crippen LogP) is 5.59. The minimum atomic E-state index is -3.95. The van der Waals surface area contributed by atoms with Gasteiger partial charge in [-0.25, -0.2) is 8.42 Å². The second-order valence-electron chi connectivity index (χ2n) is 9.05. The standard InChI is InChI=1S/C30H29N3O4S/c1-20-14-16-25(17-22(20)3)33-38(36,37)28-18-24(15-13-21(28)2)29(34)32-27-12-8-7-11-26(27)30(35)31-19-23-9-5-4-6-10-23/h4-18,33H,19H2,1-3H3,(H,31,35)(H,32,34). The first kappa shape index (κ1) is 26.6. The van der Waals surface area contributed by atoms with Crippen LogP contribution in [0.15, 0.2) is 95.9 Å². The van der Waals surface area contributed by atoms with E-state index in [0.717, 1.165) is 16.7 Å². The molecular formula is C30H29N3O4S. The number of nitrogens with one attached hydrogen (secondary N) is 3. The Morgan fingerprint density at radius 3 is 2.13 bits per heavy atom. The average molecular weight is 528 g/mol. The predicted molar refractivity (Wildman–Crippen MR) is 150 cm³/mol. The molecule has 0 aromatic heterocycles. The maximum Gasteiger partial charge on any atom is 0.262 e. The van der Waals surface area contributed by atoms with E-state index < -0.39 is 15.9 Å². The number of benzene rings is 4. The lowest BCUT2D eigenvalue weighted by Gasteiger charge is -2.14. The molecule has 4 aromatic carbocycles. The van der Waals surface area contributed by atoms with Crippen molar-refractivity contribution in [1.82, 2.24) is 5.32 Å². The van der Waals surface area contributed by atoms with Gasteiger partial charge in [0.1, 0.15) is 0 Å². The molecule has 0 atom stereocenters. The highest BCUT2D eigenvalue weighted by molar-refractivity contribution is 7.92. The van der Waals surface area contributed by atoms with Crippen LogP contribution in [0.3, 0.4) is 0 Å². The number of para-hydroxylation sites is 1. The van der Waals surface area contributed by atoms with Crippen LogP contribution in [0.1, 0.15) is 43.0 Å². The lowest BCUT2D eigenvalue weighted by Crippen LogP contribution is -2.25. The Bertz CT molecular complexity index is 1600. The number of carbonyl (C=O) groups excluding carboxylic acids is 2. The SMILES string of the molecule is Cc1ccc(NS(=O)(=O)c2cc(C(=O)Nc3ccccc3C(=O)NCc3ccccc3)ccc2C)cc1C. The molecule has 0 bridgehead atoms. The molecule has 3 N–H and O–H groups in total. The smallest absolute Gasteiger partial charge is 0.262 e. The number of aryl methyl sites for hydroxylation is 3. The van der Waals surface area contributed by atoms with E-state index in [2.05, 4.69) is 15.4 Å². The molecule has 0 saturated carbocycles. The van der Waals surface area contributed by atoms with Crippen molar-refractivity contribution in [2.45, 2.75) is 32.2 Å². The fourth-order valence-corrected chi connectivity index (χ4v) is 5.23. The Hall–Kier alpha value is -4.43. The molecule has 0 aliphatic carbocycles. The first-order valence-corrected chi connectivity index (χ1v) is 13.6. The first-order chi connectivity index (χ1) is 18.1. The molecular weight excluding hydrogens is 498 g/mol. The summed E-state index contributed by atoms with van der Waals surface area (Å²) in [7, 11) is -3.95. The van der Waals surface area contributed by atoms with Gasteiger partial charge >= 0.3 is 0 Å². The van der Waals surface area contributed by atoms with Crippen molar-refractivity contribution >= 4 is 33.2 Å². The number of amides is 2. The number of anilines is 2. The number of rotatable bonds is 8. The van der Waals surface area contributed by atoms with Crippen molar-refractivity contribution in [3.63, 3.8) is 0 Å². The number of carbonyl (C=O) groups is 2. The van der Waals surface area contributed by atoms with Gasteiger partial charge in [-0.2, -0.15) is 0 Å². The molecule has 7 nitrogen and oxygen atoms in total. The van der Waals surface area contributed by atoms with Gasteiger partial charge in [0, 0.05) is 17.8 Å². The van der Waals surface area contributed by atoms with E-state index in [-0.39, 0.29) is 16.4 Å². The first-order valence-electron chi connectivity index (χ1n) is 12.1. The number of hydrogen-bond donors (Lipinski definition) is 3. The lowest BCUT2D eigenvalue weighted by molar-refractivity contribution is 0.0951. The van der Waals surface area contributed by atoms with Gasteiger partial charge in [-0.05, 0) is 79.4 Å². The van der Waals surface area contributed by atoms with E-state index in [1.54, 1.807) is 55.5 Å². The molecule has 0 unspecified atom stereocenters. The molecule has 4 rings (SSSR count). The monoisotopic (exact) mass is 527 g/mol. The third-order valence-electron chi connectivity index (χ3n) is 6.21. The average Bonchev–Trinajstić information content (AvgIpc) is 2.90. The zero-order chi connectivity index (χ0) is 27.3. The Morgan fingerprint density at radius 2 is 1.39 bits per heavy atom. The van der Waals surface area contributed by atoms with Gasteiger partial charge in [0.25, 0.3) is 21.8 Å². The van der Waals surface area contributed by atoms with Crippen LogP contribution in [0.2, 0.25) is 0 Å². The zero-order valence-electron chi connectivity index (χ0n) is 21.4. The van der Waals surface area contributed by atoms with E-state index in [9.17, 15) is 18.0 Å². The fourth-order valence-electron chi connectivity index (χ4n) is 3.90. The molecule has 0 aliphatic heterocycles. The summed E-state index contributed by atoms with van der Waals surface area (Å²) < 4.78 is 29.0. The molecule has 0 spiro atoms. The Balaban J connectivity index is 1.53. The van der Waals surface area contributed by atoms with Crippen molar-refractivity contribution in [3.05, 3.63) is 124 Å². The van der Waals surface area contributed by atoms with Crippen LogP contribution in [0.5, 0.6) is 0 Å². The molecule has 0 aliphatic rings. The summed E-state index contributed by atoms with van der Waals surface area (Å²) in [4.78, 5) is 26.0. The zero-order valence-corrected chi connectivity index (χ0v) is 22.2. The summed E-state index contributed by atoms with van der Waals surface area (Å²) in [6.45, 7) is 5.87. The molecule has 8 heteroatoms. The normalized spacial score (nSPS) is 11.0. The molecule has 4 aromatic rings. The van der Waals surface area contributed by atoms with Crippen molar-refractivity contribution < 1.29 is 18.0 Å². The van der Waals surface area contributed by atoms with E-state index in [1.807, 2.05) is 50.2 Å². The highest BCUT2D eigenvalue weighted by atomic mass is 32.2. The van der Waals surface area contributed by atoms with Gasteiger partial charge in [0.15, 0.2) is 0 Å². The minimum absolute atomic E-state index is 0.00253. The minimum Gasteiger partial charge on any atom is -0.348 e. The summed E-state index contributed by atoms with van der Waals surface area (Å²) in [5.41, 5.74) is 4.67. The lowest BCUT2D eigenvalue weighted by atomic mass is 10.1. The van der Waals surface area contributed by atoms with Crippen LogP contribution in [0.25, 0.3) is 0 Å². The highest BCUT2D eigenvalue weighted by Gasteiger charge is 2.21. The van der Waals surface area contributed by atoms with E-state index in [0.29, 0.717) is 29.0 Å². The molecule has 194 valence electrons. The summed E-state index contributed by atoms with van der Waals surface area (Å²) in [5, 5.41) is 5.61. The van der Waals surface area contributed by atoms with Gasteiger partial charge < -0.3 is 10.6 Å². The molecule has 0 heterocycles. The van der Waals surface area contributed by atoms with Crippen molar-refractivity contribution in [1.29, 1.82) is 0 Å². The highest BCUT2D eigenvalue weighted by Crippen LogP contribution is 2.24. The maximum atomic E-state index is 13.2. The van der Waals surface area contributed by atoms with E-state index in [4.69, 9.17) is 0 Å². The second kappa shape index (κ2) is 11.3. The maximum absolute atomic E-state index is 13.2.